The first-order valence-electron chi connectivity index (χ1n) is 12.8. The molecule has 1 aromatic heterocycles. The first kappa shape index (κ1) is 25.3. The van der Waals surface area contributed by atoms with E-state index in [4.69, 9.17) is 9.72 Å². The van der Waals surface area contributed by atoms with Gasteiger partial charge in [-0.15, -0.1) is 0 Å². The summed E-state index contributed by atoms with van der Waals surface area (Å²) in [7, 11) is 1.35. The Bertz CT molecular complexity index is 1370. The van der Waals surface area contributed by atoms with E-state index in [9.17, 15) is 23.5 Å². The van der Waals surface area contributed by atoms with Crippen molar-refractivity contribution in [2.24, 2.45) is 5.92 Å². The van der Waals surface area contributed by atoms with Gasteiger partial charge < -0.3 is 14.4 Å². The minimum absolute atomic E-state index is 0.0543. The van der Waals surface area contributed by atoms with Crippen LogP contribution in [-0.2, 0) is 16.0 Å². The molecule has 1 saturated carbocycles. The fourth-order valence-corrected chi connectivity index (χ4v) is 5.97. The predicted octanol–water partition coefficient (Wildman–Crippen LogP) is 5.62. The molecule has 2 heterocycles. The lowest BCUT2D eigenvalue weighted by atomic mass is 9.83. The lowest BCUT2D eigenvalue weighted by Crippen LogP contribution is -2.42. The molecular formula is C28H31F2N3O4. The molecule has 0 unspecified atom stereocenters. The zero-order chi connectivity index (χ0) is 26.4. The quantitative estimate of drug-likeness (QED) is 0.491. The molecule has 1 amide bonds. The van der Waals surface area contributed by atoms with Crippen LogP contribution < -0.4 is 4.90 Å². The normalized spacial score (nSPS) is 22.5. The maximum atomic E-state index is 14.1. The standard InChI is InChI=1S/C28H31F2N3O4/c1-15-7-9-20-23(32(15)28(36)37-3)11-12-24-25(20)31-27(26(35)18-8-10-21(29)22(30)14-18)33(24)19-6-4-5-17(13-19)16(2)34/h8,10-12,14-15,17,19,26,35H,4-7,9,13H2,1-3H3/t15-,17+,19+,26-/m0/s1. The second-order valence-electron chi connectivity index (χ2n) is 10.2. The summed E-state index contributed by atoms with van der Waals surface area (Å²) in [6.07, 6.45) is 2.72. The molecule has 1 fully saturated rings. The van der Waals surface area contributed by atoms with Crippen LogP contribution in [0.15, 0.2) is 30.3 Å². The average Bonchev–Trinajstić information content (AvgIpc) is 3.29. The number of anilines is 1. The average molecular weight is 512 g/mol. The molecule has 2 aliphatic rings. The minimum atomic E-state index is -1.31. The van der Waals surface area contributed by atoms with Crippen LogP contribution in [0.25, 0.3) is 11.0 Å². The fraction of sp³-hybridized carbons (Fsp3) is 0.464. The van der Waals surface area contributed by atoms with Crippen molar-refractivity contribution in [1.82, 2.24) is 9.55 Å². The number of benzene rings is 2. The van der Waals surface area contributed by atoms with Gasteiger partial charge in [0.15, 0.2) is 11.6 Å². The largest absolute Gasteiger partial charge is 0.452 e. The number of hydrogen-bond acceptors (Lipinski definition) is 5. The van der Waals surface area contributed by atoms with Crippen molar-refractivity contribution in [1.29, 1.82) is 0 Å². The number of ether oxygens (including phenoxy) is 1. The molecular weight excluding hydrogens is 480 g/mol. The summed E-state index contributed by atoms with van der Waals surface area (Å²) in [6.45, 7) is 3.57. The molecule has 5 rings (SSSR count). The lowest BCUT2D eigenvalue weighted by molar-refractivity contribution is -0.122. The monoisotopic (exact) mass is 511 g/mol. The van der Waals surface area contributed by atoms with Crippen LogP contribution in [0, 0.1) is 17.6 Å². The highest BCUT2D eigenvalue weighted by atomic mass is 19.2. The third-order valence-corrected chi connectivity index (χ3v) is 7.94. The predicted molar refractivity (Wildman–Crippen MR) is 134 cm³/mol. The SMILES string of the molecule is COC(=O)N1c2ccc3c(nc([C@@H](O)c4ccc(F)c(F)c4)n3[C@@H]3CCC[C@@H](C(C)=O)C3)c2CC[C@@H]1C. The molecule has 3 aromatic rings. The second-order valence-corrected chi connectivity index (χ2v) is 10.2. The van der Waals surface area contributed by atoms with Crippen LogP contribution in [0.2, 0.25) is 0 Å². The van der Waals surface area contributed by atoms with Gasteiger partial charge in [0.1, 0.15) is 17.7 Å². The zero-order valence-corrected chi connectivity index (χ0v) is 21.2. The molecule has 1 aliphatic carbocycles. The van der Waals surface area contributed by atoms with Gasteiger partial charge in [0.05, 0.1) is 23.8 Å². The number of aryl methyl sites for hydroxylation is 1. The number of halogens is 2. The van der Waals surface area contributed by atoms with E-state index < -0.39 is 23.8 Å². The van der Waals surface area contributed by atoms with E-state index in [2.05, 4.69) is 0 Å². The molecule has 4 atom stereocenters. The molecule has 37 heavy (non-hydrogen) atoms. The van der Waals surface area contributed by atoms with Crippen LogP contribution in [-0.4, -0.2) is 39.7 Å². The second kappa shape index (κ2) is 9.85. The fourth-order valence-electron chi connectivity index (χ4n) is 5.97. The molecule has 196 valence electrons. The number of hydrogen-bond donors (Lipinski definition) is 1. The number of amides is 1. The smallest absolute Gasteiger partial charge is 0.414 e. The molecule has 0 saturated heterocycles. The Labute approximate surface area is 214 Å². The Hall–Kier alpha value is -3.33. The summed E-state index contributed by atoms with van der Waals surface area (Å²) in [6, 6.07) is 6.93. The van der Waals surface area contributed by atoms with Gasteiger partial charge in [-0.25, -0.2) is 18.6 Å². The molecule has 0 bridgehead atoms. The van der Waals surface area contributed by atoms with Crippen molar-refractivity contribution in [3.05, 3.63) is 58.9 Å². The van der Waals surface area contributed by atoms with Crippen molar-refractivity contribution < 1.29 is 28.2 Å². The van der Waals surface area contributed by atoms with Crippen LogP contribution in [0.3, 0.4) is 0 Å². The van der Waals surface area contributed by atoms with Crippen LogP contribution in [0.1, 0.15) is 75.0 Å². The number of Topliss-reactive ketones (excluding diaryl/α,β-unsaturated/α-hetero) is 1. The Balaban J connectivity index is 1.70. The summed E-state index contributed by atoms with van der Waals surface area (Å²) in [4.78, 5) is 31.3. The van der Waals surface area contributed by atoms with Gasteiger partial charge in [-0.05, 0) is 75.8 Å². The van der Waals surface area contributed by atoms with E-state index in [0.29, 0.717) is 36.3 Å². The highest BCUT2D eigenvalue weighted by Crippen LogP contribution is 2.42. The lowest BCUT2D eigenvalue weighted by Gasteiger charge is -2.34. The van der Waals surface area contributed by atoms with Crippen molar-refractivity contribution in [3.63, 3.8) is 0 Å². The van der Waals surface area contributed by atoms with Crippen LogP contribution >= 0.6 is 0 Å². The van der Waals surface area contributed by atoms with E-state index >= 15 is 0 Å². The van der Waals surface area contributed by atoms with Crippen molar-refractivity contribution in [2.75, 3.05) is 12.0 Å². The molecule has 0 spiro atoms. The Morgan fingerprint density at radius 3 is 2.62 bits per heavy atom. The number of rotatable bonds is 4. The third-order valence-electron chi connectivity index (χ3n) is 7.94. The number of methoxy groups -OCH3 is 1. The number of imidazole rings is 1. The number of aliphatic hydroxyl groups excluding tert-OH is 1. The van der Waals surface area contributed by atoms with Gasteiger partial charge in [0.25, 0.3) is 0 Å². The van der Waals surface area contributed by atoms with Crippen LogP contribution in [0.4, 0.5) is 19.3 Å². The summed E-state index contributed by atoms with van der Waals surface area (Å²) in [5, 5.41) is 11.4. The highest BCUT2D eigenvalue weighted by Gasteiger charge is 2.35. The number of carbonyl (C=O) groups excluding carboxylic acids is 2. The summed E-state index contributed by atoms with van der Waals surface area (Å²) in [5.41, 5.74) is 3.20. The van der Waals surface area contributed by atoms with Crippen molar-refractivity contribution >= 4 is 28.6 Å². The highest BCUT2D eigenvalue weighted by molar-refractivity contribution is 5.95. The van der Waals surface area contributed by atoms with Crippen molar-refractivity contribution in [2.45, 2.75) is 70.6 Å². The van der Waals surface area contributed by atoms with Gasteiger partial charge in [0, 0.05) is 23.6 Å². The molecule has 0 radical (unpaired) electrons. The van der Waals surface area contributed by atoms with Gasteiger partial charge >= 0.3 is 6.09 Å². The molecule has 2 aromatic carbocycles. The number of aliphatic hydroxyl groups is 1. The number of ketones is 1. The van der Waals surface area contributed by atoms with Gasteiger partial charge in [-0.2, -0.15) is 0 Å². The van der Waals surface area contributed by atoms with Crippen LogP contribution in [0.5, 0.6) is 0 Å². The first-order chi connectivity index (χ1) is 17.7. The van der Waals surface area contributed by atoms with E-state index in [1.165, 1.54) is 13.2 Å². The topological polar surface area (TPSA) is 84.7 Å². The third kappa shape index (κ3) is 4.39. The van der Waals surface area contributed by atoms with E-state index in [-0.39, 0.29) is 29.3 Å². The maximum absolute atomic E-state index is 14.1. The molecule has 1 N–H and O–H groups in total. The van der Waals surface area contributed by atoms with E-state index in [1.807, 2.05) is 23.6 Å². The van der Waals surface area contributed by atoms with E-state index in [0.717, 1.165) is 42.5 Å². The first-order valence-corrected chi connectivity index (χ1v) is 12.8. The number of aromatic nitrogens is 2. The minimum Gasteiger partial charge on any atom is -0.452 e. The summed E-state index contributed by atoms with van der Waals surface area (Å²) >= 11 is 0. The molecule has 1 aliphatic heterocycles. The van der Waals surface area contributed by atoms with Crippen molar-refractivity contribution in [3.8, 4) is 0 Å². The molecule has 9 heteroatoms. The Morgan fingerprint density at radius 1 is 1.14 bits per heavy atom. The van der Waals surface area contributed by atoms with Gasteiger partial charge in [0.2, 0.25) is 0 Å². The molecule has 7 nitrogen and oxygen atoms in total. The summed E-state index contributed by atoms with van der Waals surface area (Å²) < 4.78 is 34.7. The number of fused-ring (bicyclic) bond motifs is 3. The van der Waals surface area contributed by atoms with Gasteiger partial charge in [-0.1, -0.05) is 12.5 Å². The Morgan fingerprint density at radius 2 is 1.92 bits per heavy atom. The Kier molecular flexibility index (Phi) is 6.74. The number of nitrogens with zero attached hydrogens (tertiary/aromatic N) is 3. The maximum Gasteiger partial charge on any atom is 0.414 e. The summed E-state index contributed by atoms with van der Waals surface area (Å²) in [5.74, 6) is -1.68. The van der Waals surface area contributed by atoms with E-state index in [1.54, 1.807) is 11.8 Å². The van der Waals surface area contributed by atoms with Gasteiger partial charge in [-0.3, -0.25) is 9.69 Å². The zero-order valence-electron chi connectivity index (χ0n) is 21.2. The number of carbonyl (C=O) groups is 2.